The molecule has 264 valence electrons. The molecule has 5 atom stereocenters. The molecule has 1 fully saturated rings. The number of amides is 2. The summed E-state index contributed by atoms with van der Waals surface area (Å²) in [6, 6.07) is 23.6. The minimum absolute atomic E-state index is 0.0595. The van der Waals surface area contributed by atoms with E-state index in [9.17, 15) is 19.8 Å². The molecule has 3 aromatic rings. The van der Waals surface area contributed by atoms with E-state index in [1.165, 1.54) is 7.11 Å². The van der Waals surface area contributed by atoms with E-state index in [1.807, 2.05) is 78.9 Å². The van der Waals surface area contributed by atoms with Crippen LogP contribution in [0.3, 0.4) is 0 Å². The number of carbonyl (C=O) groups is 2. The smallest absolute Gasteiger partial charge is 0.407 e. The van der Waals surface area contributed by atoms with E-state index in [2.05, 4.69) is 15.5 Å². The second kappa shape index (κ2) is 18.7. The molecular formula is C38H49N3O8. The third-order valence-electron chi connectivity index (χ3n) is 9.17. The molecule has 0 aromatic heterocycles. The highest BCUT2D eigenvalue weighted by Crippen LogP contribution is 2.32. The van der Waals surface area contributed by atoms with Crippen LogP contribution in [0.15, 0.2) is 78.9 Å². The Morgan fingerprint density at radius 2 is 1.63 bits per heavy atom. The van der Waals surface area contributed by atoms with E-state index < -0.39 is 36.3 Å². The average molecular weight is 676 g/mol. The Morgan fingerprint density at radius 1 is 0.918 bits per heavy atom. The van der Waals surface area contributed by atoms with Crippen molar-refractivity contribution in [2.45, 2.75) is 50.0 Å². The molecule has 5 rings (SSSR count). The van der Waals surface area contributed by atoms with Crippen LogP contribution in [0, 0.1) is 5.92 Å². The van der Waals surface area contributed by atoms with Gasteiger partial charge in [0.1, 0.15) is 19.0 Å². The fraction of sp³-hybridized carbons (Fsp3) is 0.474. The van der Waals surface area contributed by atoms with Crippen LogP contribution in [0.25, 0.3) is 0 Å². The van der Waals surface area contributed by atoms with Crippen LogP contribution in [0.1, 0.15) is 34.7 Å². The standard InChI is InChI=1S/C38H49N3O8/c1-46-21-22-49-38(45)39-33(24-27-7-3-2-4-8-27)34(42)26-30(37(44)40-36-32-10-6-5-9-29(32)25-35(36)43)23-28-11-13-31(14-12-28)48-20-17-41-15-18-47-19-16-41/h2-14,30,33-36,42-43H,15-26H2,1H3,(H,39,45)(H,40,44). The van der Waals surface area contributed by atoms with Crippen molar-refractivity contribution in [3.63, 3.8) is 0 Å². The summed E-state index contributed by atoms with van der Waals surface area (Å²) >= 11 is 0. The quantitative estimate of drug-likeness (QED) is 0.159. The van der Waals surface area contributed by atoms with E-state index in [0.717, 1.165) is 60.9 Å². The van der Waals surface area contributed by atoms with Gasteiger partial charge in [-0.15, -0.1) is 0 Å². The average Bonchev–Trinajstić information content (AvgIpc) is 3.43. The molecule has 49 heavy (non-hydrogen) atoms. The highest BCUT2D eigenvalue weighted by atomic mass is 16.6. The first-order valence-corrected chi connectivity index (χ1v) is 17.1. The second-order valence-electron chi connectivity index (χ2n) is 12.7. The maximum absolute atomic E-state index is 14.0. The lowest BCUT2D eigenvalue weighted by molar-refractivity contribution is -0.127. The van der Waals surface area contributed by atoms with Crippen molar-refractivity contribution in [1.82, 2.24) is 15.5 Å². The number of ether oxygens (including phenoxy) is 4. The number of benzene rings is 3. The van der Waals surface area contributed by atoms with E-state index in [1.54, 1.807) is 0 Å². The summed E-state index contributed by atoms with van der Waals surface area (Å²) < 4.78 is 21.6. The first-order chi connectivity index (χ1) is 23.9. The number of nitrogens with zero attached hydrogens (tertiary/aromatic N) is 1. The topological polar surface area (TPSA) is 139 Å². The zero-order valence-corrected chi connectivity index (χ0v) is 28.2. The zero-order chi connectivity index (χ0) is 34.4. The Balaban J connectivity index is 1.29. The van der Waals surface area contributed by atoms with Gasteiger partial charge >= 0.3 is 6.09 Å². The van der Waals surface area contributed by atoms with E-state index >= 15 is 0 Å². The number of rotatable bonds is 17. The van der Waals surface area contributed by atoms with E-state index in [-0.39, 0.29) is 25.5 Å². The molecule has 0 radical (unpaired) electrons. The number of carbonyl (C=O) groups excluding carboxylic acids is 2. The van der Waals surface area contributed by atoms with Gasteiger partial charge in [0.05, 0.1) is 44.1 Å². The summed E-state index contributed by atoms with van der Waals surface area (Å²) in [5.74, 6) is -0.220. The third kappa shape index (κ3) is 11.0. The lowest BCUT2D eigenvalue weighted by atomic mass is 9.88. The van der Waals surface area contributed by atoms with Crippen molar-refractivity contribution in [3.8, 4) is 5.75 Å². The van der Waals surface area contributed by atoms with Crippen LogP contribution in [0.5, 0.6) is 5.75 Å². The highest BCUT2D eigenvalue weighted by Gasteiger charge is 2.35. The van der Waals surface area contributed by atoms with Gasteiger partial charge in [-0.1, -0.05) is 66.7 Å². The van der Waals surface area contributed by atoms with Gasteiger partial charge in [0.25, 0.3) is 0 Å². The number of hydrogen-bond acceptors (Lipinski definition) is 9. The molecule has 0 bridgehead atoms. The van der Waals surface area contributed by atoms with Gasteiger partial charge in [0, 0.05) is 39.1 Å². The van der Waals surface area contributed by atoms with Gasteiger partial charge in [0.15, 0.2) is 0 Å². The molecule has 3 aromatic carbocycles. The number of aliphatic hydroxyl groups is 2. The molecule has 2 amide bonds. The van der Waals surface area contributed by atoms with Crippen LogP contribution >= 0.6 is 0 Å². The Hall–Kier alpha value is -4.00. The minimum Gasteiger partial charge on any atom is -0.492 e. The highest BCUT2D eigenvalue weighted by molar-refractivity contribution is 5.80. The van der Waals surface area contributed by atoms with E-state index in [0.29, 0.717) is 25.9 Å². The molecule has 0 saturated carbocycles. The number of aliphatic hydroxyl groups excluding tert-OH is 2. The summed E-state index contributed by atoms with van der Waals surface area (Å²) in [5.41, 5.74) is 3.70. The van der Waals surface area contributed by atoms with Crippen molar-refractivity contribution < 1.29 is 38.7 Å². The van der Waals surface area contributed by atoms with Crippen LogP contribution in [0.2, 0.25) is 0 Å². The van der Waals surface area contributed by atoms with Crippen molar-refractivity contribution in [3.05, 3.63) is 101 Å². The number of morpholine rings is 1. The van der Waals surface area contributed by atoms with Gasteiger partial charge in [-0.25, -0.2) is 4.79 Å². The van der Waals surface area contributed by atoms with Gasteiger partial charge in [0.2, 0.25) is 5.91 Å². The predicted molar refractivity (Wildman–Crippen MR) is 184 cm³/mol. The normalized spacial score (nSPS) is 19.3. The molecule has 11 nitrogen and oxygen atoms in total. The fourth-order valence-electron chi connectivity index (χ4n) is 6.44. The maximum atomic E-state index is 14.0. The SMILES string of the molecule is COCCOC(=O)NC(Cc1ccccc1)C(O)CC(Cc1ccc(OCCN2CCOCC2)cc1)C(=O)NC1c2ccccc2CC1O. The maximum Gasteiger partial charge on any atom is 0.407 e. The molecule has 0 spiro atoms. The van der Waals surface area contributed by atoms with Crippen molar-refractivity contribution in [1.29, 1.82) is 0 Å². The van der Waals surface area contributed by atoms with Crippen LogP contribution in [-0.4, -0.2) is 105 Å². The van der Waals surface area contributed by atoms with Gasteiger partial charge < -0.3 is 39.8 Å². The fourth-order valence-corrected chi connectivity index (χ4v) is 6.44. The number of alkyl carbamates (subject to hydrolysis) is 1. The number of hydrogen-bond donors (Lipinski definition) is 4. The molecule has 11 heteroatoms. The van der Waals surface area contributed by atoms with Crippen molar-refractivity contribution >= 4 is 12.0 Å². The molecular weight excluding hydrogens is 626 g/mol. The van der Waals surface area contributed by atoms with Crippen LogP contribution < -0.4 is 15.4 Å². The number of methoxy groups -OCH3 is 1. The second-order valence-corrected chi connectivity index (χ2v) is 12.7. The monoisotopic (exact) mass is 675 g/mol. The molecule has 1 aliphatic carbocycles. The summed E-state index contributed by atoms with van der Waals surface area (Å²) in [4.78, 5) is 29.0. The molecule has 1 saturated heterocycles. The van der Waals surface area contributed by atoms with Gasteiger partial charge in [-0.3, -0.25) is 9.69 Å². The first-order valence-electron chi connectivity index (χ1n) is 17.1. The summed E-state index contributed by atoms with van der Waals surface area (Å²) in [6.45, 7) is 4.98. The molecule has 1 heterocycles. The minimum atomic E-state index is -1.09. The Kier molecular flexibility index (Phi) is 13.8. The number of fused-ring (bicyclic) bond motifs is 1. The number of nitrogens with one attached hydrogen (secondary N) is 2. The summed E-state index contributed by atoms with van der Waals surface area (Å²) in [6.07, 6.45) is -1.34. The Labute approximate surface area is 288 Å². The Morgan fingerprint density at radius 3 is 2.39 bits per heavy atom. The van der Waals surface area contributed by atoms with Gasteiger partial charge in [-0.05, 0) is 53.6 Å². The summed E-state index contributed by atoms with van der Waals surface area (Å²) in [7, 11) is 1.52. The molecule has 5 unspecified atom stereocenters. The van der Waals surface area contributed by atoms with Crippen molar-refractivity contribution in [2.75, 3.05) is 59.8 Å². The zero-order valence-electron chi connectivity index (χ0n) is 28.2. The van der Waals surface area contributed by atoms with Crippen LogP contribution in [0.4, 0.5) is 4.79 Å². The first kappa shape index (κ1) is 36.3. The lowest BCUT2D eigenvalue weighted by Gasteiger charge is -2.28. The van der Waals surface area contributed by atoms with Gasteiger partial charge in [-0.2, -0.15) is 0 Å². The largest absolute Gasteiger partial charge is 0.492 e. The Bertz CT molecular complexity index is 1450. The molecule has 4 N–H and O–H groups in total. The third-order valence-corrected chi connectivity index (χ3v) is 9.17. The van der Waals surface area contributed by atoms with Crippen molar-refractivity contribution in [2.24, 2.45) is 5.92 Å². The van der Waals surface area contributed by atoms with E-state index in [4.69, 9.17) is 18.9 Å². The molecule has 1 aliphatic heterocycles. The lowest BCUT2D eigenvalue weighted by Crippen LogP contribution is -2.47. The summed E-state index contributed by atoms with van der Waals surface area (Å²) in [5, 5.41) is 28.4. The molecule has 2 aliphatic rings. The predicted octanol–water partition coefficient (Wildman–Crippen LogP) is 3.07. The van der Waals surface area contributed by atoms with Crippen LogP contribution in [-0.2, 0) is 38.3 Å².